The molecule has 2 fully saturated rings. The molecule has 2 aliphatic rings. The van der Waals surface area contributed by atoms with Gasteiger partial charge in [-0.05, 0) is 64.2 Å². The summed E-state index contributed by atoms with van der Waals surface area (Å²) >= 11 is 0. The molecule has 3 heteroatoms. The van der Waals surface area contributed by atoms with Crippen molar-refractivity contribution in [3.8, 4) is 5.75 Å². The fourth-order valence-corrected chi connectivity index (χ4v) is 5.53. The fourth-order valence-electron chi connectivity index (χ4n) is 5.53. The van der Waals surface area contributed by atoms with Crippen LogP contribution in [0.1, 0.15) is 92.7 Å². The van der Waals surface area contributed by atoms with Crippen LogP contribution in [0.25, 0.3) is 0 Å². The van der Waals surface area contributed by atoms with Crippen LogP contribution in [0.2, 0.25) is 0 Å². The van der Waals surface area contributed by atoms with Crippen LogP contribution in [0.5, 0.6) is 5.75 Å². The summed E-state index contributed by atoms with van der Waals surface area (Å²) in [6, 6.07) is 6.86. The summed E-state index contributed by atoms with van der Waals surface area (Å²) in [5.41, 5.74) is 3.15. The van der Waals surface area contributed by atoms with Gasteiger partial charge in [-0.2, -0.15) is 0 Å². The van der Waals surface area contributed by atoms with Gasteiger partial charge in [0.25, 0.3) is 5.91 Å². The zero-order valence-corrected chi connectivity index (χ0v) is 20.1. The second kappa shape index (κ2) is 7.03. The molecular weight excluding hydrogens is 358 g/mol. The van der Waals surface area contributed by atoms with E-state index in [1.54, 1.807) is 0 Å². The first-order valence-corrected chi connectivity index (χ1v) is 11.2. The van der Waals surface area contributed by atoms with Crippen molar-refractivity contribution in [2.75, 3.05) is 13.2 Å². The summed E-state index contributed by atoms with van der Waals surface area (Å²) in [5.74, 6) is 0.944. The van der Waals surface area contributed by atoms with Crippen molar-refractivity contribution >= 4 is 5.91 Å². The number of hydrogen-bond acceptors (Lipinski definition) is 2. The lowest BCUT2D eigenvalue weighted by molar-refractivity contribution is -0.134. The van der Waals surface area contributed by atoms with Gasteiger partial charge in [0.2, 0.25) is 0 Å². The molecule has 1 aromatic rings. The first-order chi connectivity index (χ1) is 13.1. The van der Waals surface area contributed by atoms with Gasteiger partial charge in [-0.25, -0.2) is 0 Å². The van der Waals surface area contributed by atoms with E-state index in [1.165, 1.54) is 17.5 Å². The third kappa shape index (κ3) is 4.98. The standard InChI is InChI=1S/C26H41NO2/c1-23(2,3)18-10-19(24(4,5)6)12-21(11-18)29-15-22(28)27-17-26(9)14-20(27)13-25(7,8)16-26/h10-12,20H,13-17H2,1-9H3/t20-,26+/m0/s1. The van der Waals surface area contributed by atoms with E-state index in [2.05, 4.69) is 85.4 Å². The molecule has 1 aliphatic carbocycles. The minimum Gasteiger partial charge on any atom is -0.484 e. The zero-order valence-electron chi connectivity index (χ0n) is 20.1. The second-order valence-electron chi connectivity index (χ2n) is 12.8. The lowest BCUT2D eigenvalue weighted by atomic mass is 9.65. The van der Waals surface area contributed by atoms with Crippen LogP contribution in [0.4, 0.5) is 0 Å². The molecule has 1 heterocycles. The lowest BCUT2D eigenvalue weighted by Crippen LogP contribution is -2.40. The van der Waals surface area contributed by atoms with E-state index >= 15 is 0 Å². The molecule has 0 N–H and O–H groups in total. The number of rotatable bonds is 3. The Morgan fingerprint density at radius 2 is 1.55 bits per heavy atom. The summed E-state index contributed by atoms with van der Waals surface area (Å²) in [7, 11) is 0. The molecule has 0 radical (unpaired) electrons. The normalized spacial score (nSPS) is 26.5. The minimum absolute atomic E-state index is 0.0373. The number of likely N-dealkylation sites (tertiary alicyclic amines) is 1. The van der Waals surface area contributed by atoms with E-state index < -0.39 is 0 Å². The lowest BCUT2D eigenvalue weighted by Gasteiger charge is -2.39. The van der Waals surface area contributed by atoms with E-state index in [0.29, 0.717) is 11.5 Å². The van der Waals surface area contributed by atoms with Crippen molar-refractivity contribution in [1.29, 1.82) is 0 Å². The molecule has 3 rings (SSSR count). The van der Waals surface area contributed by atoms with Crippen LogP contribution in [0.15, 0.2) is 18.2 Å². The first kappa shape index (κ1) is 22.2. The molecule has 1 aromatic carbocycles. The van der Waals surface area contributed by atoms with Gasteiger partial charge in [-0.3, -0.25) is 4.79 Å². The quantitative estimate of drug-likeness (QED) is 0.616. The molecular formula is C26H41NO2. The van der Waals surface area contributed by atoms with Gasteiger partial charge in [-0.1, -0.05) is 68.4 Å². The Labute approximate surface area is 178 Å². The second-order valence-corrected chi connectivity index (χ2v) is 12.8. The third-order valence-corrected chi connectivity index (χ3v) is 6.74. The Balaban J connectivity index is 1.75. The third-order valence-electron chi connectivity index (χ3n) is 6.74. The van der Waals surface area contributed by atoms with Crippen molar-refractivity contribution in [2.24, 2.45) is 10.8 Å². The molecule has 1 aliphatic heterocycles. The molecule has 162 valence electrons. The molecule has 0 aromatic heterocycles. The molecule has 0 spiro atoms. The highest BCUT2D eigenvalue weighted by Gasteiger charge is 2.50. The van der Waals surface area contributed by atoms with Gasteiger partial charge in [0.15, 0.2) is 6.61 Å². The predicted molar refractivity (Wildman–Crippen MR) is 121 cm³/mol. The van der Waals surface area contributed by atoms with E-state index in [0.717, 1.165) is 25.1 Å². The van der Waals surface area contributed by atoms with Crippen LogP contribution in [-0.4, -0.2) is 30.0 Å². The van der Waals surface area contributed by atoms with Gasteiger partial charge < -0.3 is 9.64 Å². The Hall–Kier alpha value is -1.51. The fraction of sp³-hybridized carbons (Fsp3) is 0.731. The van der Waals surface area contributed by atoms with Crippen LogP contribution >= 0.6 is 0 Å². The molecule has 2 atom stereocenters. The number of nitrogens with zero attached hydrogens (tertiary/aromatic N) is 1. The molecule has 2 bridgehead atoms. The Morgan fingerprint density at radius 3 is 2.07 bits per heavy atom. The number of carbonyl (C=O) groups excluding carboxylic acids is 1. The van der Waals surface area contributed by atoms with E-state index in [9.17, 15) is 4.79 Å². The highest BCUT2D eigenvalue weighted by molar-refractivity contribution is 5.78. The number of carbonyl (C=O) groups is 1. The summed E-state index contributed by atoms with van der Waals surface area (Å²) in [6.45, 7) is 21.3. The summed E-state index contributed by atoms with van der Waals surface area (Å²) in [5, 5.41) is 0. The highest BCUT2D eigenvalue weighted by atomic mass is 16.5. The van der Waals surface area contributed by atoms with Crippen molar-refractivity contribution < 1.29 is 9.53 Å². The molecule has 1 saturated heterocycles. The van der Waals surface area contributed by atoms with Crippen LogP contribution in [-0.2, 0) is 15.6 Å². The van der Waals surface area contributed by atoms with E-state index in [1.807, 2.05) is 0 Å². The Kier molecular flexibility index (Phi) is 5.37. The van der Waals surface area contributed by atoms with Gasteiger partial charge in [0.1, 0.15) is 5.75 Å². The summed E-state index contributed by atoms with van der Waals surface area (Å²) in [6.07, 6.45) is 3.43. The number of hydrogen-bond donors (Lipinski definition) is 0. The molecule has 29 heavy (non-hydrogen) atoms. The molecule has 0 unspecified atom stereocenters. The molecule has 3 nitrogen and oxygen atoms in total. The minimum atomic E-state index is 0.0373. The average molecular weight is 400 g/mol. The maximum Gasteiger partial charge on any atom is 0.260 e. The Bertz CT molecular complexity index is 749. The highest BCUT2D eigenvalue weighted by Crippen LogP contribution is 2.52. The Morgan fingerprint density at radius 1 is 1.00 bits per heavy atom. The number of amides is 1. The van der Waals surface area contributed by atoms with Crippen molar-refractivity contribution in [2.45, 2.75) is 98.4 Å². The summed E-state index contributed by atoms with van der Waals surface area (Å²) < 4.78 is 6.09. The zero-order chi connectivity index (χ0) is 21.8. The first-order valence-electron chi connectivity index (χ1n) is 11.2. The van der Waals surface area contributed by atoms with Crippen LogP contribution in [0, 0.1) is 10.8 Å². The monoisotopic (exact) mass is 399 g/mol. The van der Waals surface area contributed by atoms with Crippen molar-refractivity contribution in [3.63, 3.8) is 0 Å². The van der Waals surface area contributed by atoms with Gasteiger partial charge >= 0.3 is 0 Å². The van der Waals surface area contributed by atoms with E-state index in [4.69, 9.17) is 4.74 Å². The van der Waals surface area contributed by atoms with Crippen molar-refractivity contribution in [1.82, 2.24) is 4.90 Å². The number of benzene rings is 1. The maximum absolute atomic E-state index is 13.1. The maximum atomic E-state index is 13.1. The summed E-state index contributed by atoms with van der Waals surface area (Å²) in [4.78, 5) is 15.2. The number of fused-ring (bicyclic) bond motifs is 2. The number of ether oxygens (including phenoxy) is 1. The van der Waals surface area contributed by atoms with Gasteiger partial charge in [-0.15, -0.1) is 0 Å². The van der Waals surface area contributed by atoms with Gasteiger partial charge in [0, 0.05) is 12.6 Å². The van der Waals surface area contributed by atoms with Crippen molar-refractivity contribution in [3.05, 3.63) is 29.3 Å². The smallest absolute Gasteiger partial charge is 0.260 e. The largest absolute Gasteiger partial charge is 0.484 e. The van der Waals surface area contributed by atoms with E-state index in [-0.39, 0.29) is 28.8 Å². The van der Waals surface area contributed by atoms with Gasteiger partial charge in [0.05, 0.1) is 0 Å². The SMILES string of the molecule is CC1(C)C[C@H]2C[C@@](C)(CN2C(=O)COc2cc(C(C)(C)C)cc(C(C)(C)C)c2)C1. The topological polar surface area (TPSA) is 29.5 Å². The van der Waals surface area contributed by atoms with Crippen LogP contribution in [0.3, 0.4) is 0 Å². The molecule has 1 amide bonds. The average Bonchev–Trinajstić information content (AvgIpc) is 2.79. The molecule has 1 saturated carbocycles. The predicted octanol–water partition coefficient (Wildman–Crippen LogP) is 6.09. The van der Waals surface area contributed by atoms with Crippen LogP contribution < -0.4 is 4.74 Å².